The number of rotatable bonds is 4. The summed E-state index contributed by atoms with van der Waals surface area (Å²) < 4.78 is 4.29. The topological polar surface area (TPSA) is 55.0 Å². The summed E-state index contributed by atoms with van der Waals surface area (Å²) >= 11 is 0. The quantitative estimate of drug-likeness (QED) is 0.605. The lowest BCUT2D eigenvalue weighted by atomic mass is 9.57. The fourth-order valence-corrected chi connectivity index (χ4v) is 6.95. The zero-order chi connectivity index (χ0) is 23.0. The van der Waals surface area contributed by atoms with Crippen molar-refractivity contribution in [3.8, 4) is 0 Å². The minimum Gasteiger partial charge on any atom is -0.366 e. The number of aryl methyl sites for hydroxylation is 3. The number of fused-ring (bicyclic) bond motifs is 5. The van der Waals surface area contributed by atoms with Gasteiger partial charge in [0.1, 0.15) is 0 Å². The largest absolute Gasteiger partial charge is 0.366 e. The Labute approximate surface area is 196 Å². The third-order valence-corrected chi connectivity index (χ3v) is 9.28. The third kappa shape index (κ3) is 3.22. The number of aromatic nitrogens is 5. The van der Waals surface area contributed by atoms with E-state index in [1.54, 1.807) is 0 Å². The van der Waals surface area contributed by atoms with Gasteiger partial charge in [0.25, 0.3) is 0 Å². The molecule has 7 rings (SSSR count). The summed E-state index contributed by atoms with van der Waals surface area (Å²) in [5.74, 6) is 0. The molecule has 33 heavy (non-hydrogen) atoms. The standard InChI is InChI=1S/C26H37N7/c1-18-14-23(20-15-27-31(5)24(20)28-18)32-13-6-22-21(16-32)19(2)29-33(22)17-25-7-10-26(11-8-25,12-9-25)30(3)4/h14-15H,6-13,16-17H2,1-5H3. The van der Waals surface area contributed by atoms with Gasteiger partial charge in [-0.05, 0) is 77.9 Å². The number of hydrogen-bond donors (Lipinski definition) is 0. The van der Waals surface area contributed by atoms with Gasteiger partial charge in [-0.25, -0.2) is 4.98 Å². The summed E-state index contributed by atoms with van der Waals surface area (Å²) in [6.07, 6.45) is 11.1. The van der Waals surface area contributed by atoms with Crippen molar-refractivity contribution in [3.63, 3.8) is 0 Å². The molecule has 0 amide bonds. The second-order valence-electron chi connectivity index (χ2n) is 11.2. The third-order valence-electron chi connectivity index (χ3n) is 9.28. The molecule has 0 radical (unpaired) electrons. The molecule has 4 heterocycles. The summed E-state index contributed by atoms with van der Waals surface area (Å²) in [5.41, 5.74) is 8.27. The average molecular weight is 448 g/mol. The maximum absolute atomic E-state index is 5.11. The Hall–Kier alpha value is -2.41. The molecule has 7 heteroatoms. The molecule has 0 unspecified atom stereocenters. The maximum Gasteiger partial charge on any atom is 0.159 e. The van der Waals surface area contributed by atoms with Gasteiger partial charge in [0.2, 0.25) is 0 Å². The van der Waals surface area contributed by atoms with Crippen LogP contribution in [-0.4, -0.2) is 55.6 Å². The summed E-state index contributed by atoms with van der Waals surface area (Å²) in [7, 11) is 6.53. The minimum absolute atomic E-state index is 0.450. The van der Waals surface area contributed by atoms with Crippen LogP contribution in [0.15, 0.2) is 12.3 Å². The first kappa shape index (κ1) is 21.1. The molecule has 0 atom stereocenters. The highest BCUT2D eigenvalue weighted by Gasteiger charge is 2.50. The molecule has 2 bridgehead atoms. The lowest BCUT2D eigenvalue weighted by molar-refractivity contribution is -0.0423. The average Bonchev–Trinajstić information content (AvgIpc) is 3.33. The zero-order valence-corrected chi connectivity index (χ0v) is 20.9. The lowest BCUT2D eigenvalue weighted by Crippen LogP contribution is -2.55. The van der Waals surface area contributed by atoms with Crippen LogP contribution in [0.5, 0.6) is 0 Å². The number of pyridine rings is 1. The van der Waals surface area contributed by atoms with Crippen molar-refractivity contribution in [2.75, 3.05) is 25.5 Å². The number of hydrogen-bond acceptors (Lipinski definition) is 5. The smallest absolute Gasteiger partial charge is 0.159 e. The van der Waals surface area contributed by atoms with Crippen molar-refractivity contribution < 1.29 is 0 Å². The normalized spacial score (nSPS) is 27.0. The monoisotopic (exact) mass is 447 g/mol. The van der Waals surface area contributed by atoms with E-state index >= 15 is 0 Å². The predicted molar refractivity (Wildman–Crippen MR) is 132 cm³/mol. The molecular formula is C26H37N7. The molecule has 3 saturated carbocycles. The summed E-state index contributed by atoms with van der Waals surface area (Å²) in [6, 6.07) is 2.22. The molecule has 3 aromatic rings. The van der Waals surface area contributed by atoms with E-state index in [2.05, 4.69) is 53.6 Å². The molecule has 3 aliphatic carbocycles. The molecule has 0 saturated heterocycles. The molecule has 7 nitrogen and oxygen atoms in total. The Balaban J connectivity index is 1.27. The maximum atomic E-state index is 5.11. The van der Waals surface area contributed by atoms with Gasteiger partial charge in [-0.3, -0.25) is 9.36 Å². The first-order valence-electron chi connectivity index (χ1n) is 12.6. The van der Waals surface area contributed by atoms with Crippen LogP contribution < -0.4 is 4.90 Å². The minimum atomic E-state index is 0.450. The zero-order valence-electron chi connectivity index (χ0n) is 20.9. The number of anilines is 1. The molecular weight excluding hydrogens is 410 g/mol. The van der Waals surface area contributed by atoms with Crippen LogP contribution in [0.2, 0.25) is 0 Å². The van der Waals surface area contributed by atoms with Gasteiger partial charge in [0, 0.05) is 55.6 Å². The van der Waals surface area contributed by atoms with Crippen molar-refractivity contribution in [1.29, 1.82) is 0 Å². The summed E-state index contributed by atoms with van der Waals surface area (Å²) in [4.78, 5) is 9.72. The van der Waals surface area contributed by atoms with Crippen LogP contribution in [0.1, 0.15) is 61.2 Å². The predicted octanol–water partition coefficient (Wildman–Crippen LogP) is 4.00. The van der Waals surface area contributed by atoms with E-state index in [0.717, 1.165) is 42.8 Å². The van der Waals surface area contributed by atoms with Crippen molar-refractivity contribution in [3.05, 3.63) is 34.9 Å². The molecule has 0 N–H and O–H groups in total. The van der Waals surface area contributed by atoms with Crippen molar-refractivity contribution in [1.82, 2.24) is 29.4 Å². The van der Waals surface area contributed by atoms with E-state index in [4.69, 9.17) is 10.1 Å². The van der Waals surface area contributed by atoms with Crippen molar-refractivity contribution in [2.24, 2.45) is 12.5 Å². The van der Waals surface area contributed by atoms with Gasteiger partial charge in [-0.2, -0.15) is 10.2 Å². The molecule has 3 fully saturated rings. The molecule has 1 aliphatic heterocycles. The Morgan fingerprint density at radius 2 is 1.79 bits per heavy atom. The van der Waals surface area contributed by atoms with E-state index in [-0.39, 0.29) is 0 Å². The lowest BCUT2D eigenvalue weighted by Gasteiger charge is -2.56. The highest BCUT2D eigenvalue weighted by Crippen LogP contribution is 2.55. The molecule has 0 spiro atoms. The second-order valence-corrected chi connectivity index (χ2v) is 11.2. The van der Waals surface area contributed by atoms with Gasteiger partial charge in [0.05, 0.1) is 23.0 Å². The van der Waals surface area contributed by atoms with E-state index in [1.165, 1.54) is 61.2 Å². The van der Waals surface area contributed by atoms with Crippen LogP contribution in [0, 0.1) is 19.3 Å². The highest BCUT2D eigenvalue weighted by molar-refractivity contribution is 5.89. The van der Waals surface area contributed by atoms with Crippen molar-refractivity contribution in [2.45, 2.75) is 77.4 Å². The van der Waals surface area contributed by atoms with Crippen LogP contribution in [0.4, 0.5) is 5.69 Å². The van der Waals surface area contributed by atoms with E-state index in [0.29, 0.717) is 11.0 Å². The van der Waals surface area contributed by atoms with Crippen molar-refractivity contribution >= 4 is 16.7 Å². The fraction of sp³-hybridized carbons (Fsp3) is 0.654. The first-order valence-corrected chi connectivity index (χ1v) is 12.6. The summed E-state index contributed by atoms with van der Waals surface area (Å²) in [6.45, 7) is 7.32. The van der Waals surface area contributed by atoms with Gasteiger partial charge >= 0.3 is 0 Å². The van der Waals surface area contributed by atoms with E-state index in [9.17, 15) is 0 Å². The van der Waals surface area contributed by atoms with Crippen LogP contribution >= 0.6 is 0 Å². The Bertz CT molecular complexity index is 1190. The number of nitrogens with zero attached hydrogens (tertiary/aromatic N) is 7. The van der Waals surface area contributed by atoms with E-state index < -0.39 is 0 Å². The van der Waals surface area contributed by atoms with Gasteiger partial charge in [-0.15, -0.1) is 0 Å². The van der Waals surface area contributed by atoms with Gasteiger partial charge < -0.3 is 9.80 Å². The molecule has 176 valence electrons. The van der Waals surface area contributed by atoms with Gasteiger partial charge in [0.15, 0.2) is 5.65 Å². The SMILES string of the molecule is Cc1cc(N2CCc3c(c(C)nn3CC34CCC(N(C)C)(CC3)CC4)C2)c2cnn(C)c2n1. The summed E-state index contributed by atoms with van der Waals surface area (Å²) in [5, 5.41) is 10.7. The van der Waals surface area contributed by atoms with E-state index in [1.807, 2.05) is 17.9 Å². The van der Waals surface area contributed by atoms with Crippen LogP contribution in [-0.2, 0) is 26.6 Å². The molecule has 4 aliphatic rings. The Morgan fingerprint density at radius 1 is 1.06 bits per heavy atom. The Kier molecular flexibility index (Phi) is 4.67. The second kappa shape index (κ2) is 7.29. The molecule has 3 aromatic heterocycles. The van der Waals surface area contributed by atoms with Crippen LogP contribution in [0.25, 0.3) is 11.0 Å². The molecule has 0 aromatic carbocycles. The Morgan fingerprint density at radius 3 is 2.48 bits per heavy atom. The van der Waals surface area contributed by atoms with Gasteiger partial charge in [-0.1, -0.05) is 0 Å². The highest BCUT2D eigenvalue weighted by atomic mass is 15.3. The van der Waals surface area contributed by atoms with Crippen LogP contribution in [0.3, 0.4) is 0 Å². The fourth-order valence-electron chi connectivity index (χ4n) is 6.95. The first-order chi connectivity index (χ1) is 15.8.